The van der Waals surface area contributed by atoms with E-state index >= 15 is 0 Å². The molecule has 0 radical (unpaired) electrons. The quantitative estimate of drug-likeness (QED) is 0.527. The lowest BCUT2D eigenvalue weighted by Gasteiger charge is -2.04. The van der Waals surface area contributed by atoms with Crippen LogP contribution in [-0.4, -0.2) is 12.6 Å². The molecule has 4 heteroatoms. The summed E-state index contributed by atoms with van der Waals surface area (Å²) >= 11 is 2.18. The van der Waals surface area contributed by atoms with Crippen LogP contribution < -0.4 is 5.73 Å². The van der Waals surface area contributed by atoms with Crippen molar-refractivity contribution in [1.29, 1.82) is 0 Å². The number of nitrogen functional groups attached to an aromatic ring is 1. The van der Waals surface area contributed by atoms with Crippen molar-refractivity contribution in [2.24, 2.45) is 0 Å². The first-order valence-electron chi connectivity index (χ1n) is 4.83. The van der Waals surface area contributed by atoms with Gasteiger partial charge in [-0.05, 0) is 53.6 Å². The monoisotopic (exact) mass is 319 g/mol. The molecule has 3 nitrogen and oxygen atoms in total. The van der Waals surface area contributed by atoms with E-state index in [1.807, 2.05) is 25.1 Å². The summed E-state index contributed by atoms with van der Waals surface area (Å²) < 4.78 is 5.87. The Morgan fingerprint density at radius 3 is 2.87 bits per heavy atom. The van der Waals surface area contributed by atoms with Gasteiger partial charge in [-0.1, -0.05) is 6.07 Å². The van der Waals surface area contributed by atoms with Crippen LogP contribution in [0.1, 0.15) is 18.9 Å². The Labute approximate surface area is 103 Å². The molecule has 0 heterocycles. The average Bonchev–Trinajstić information content (AvgIpc) is 2.20. The average molecular weight is 319 g/mol. The van der Waals surface area contributed by atoms with E-state index in [-0.39, 0.29) is 5.97 Å². The molecule has 0 saturated carbocycles. The molecular weight excluding hydrogens is 305 g/mol. The summed E-state index contributed by atoms with van der Waals surface area (Å²) in [5, 5.41) is 0. The highest BCUT2D eigenvalue weighted by Gasteiger charge is 2.03. The number of carbonyl (C=O) groups is 1. The summed E-state index contributed by atoms with van der Waals surface area (Å²) in [5.41, 5.74) is 7.58. The van der Waals surface area contributed by atoms with Crippen molar-refractivity contribution in [2.45, 2.75) is 19.8 Å². The summed E-state index contributed by atoms with van der Waals surface area (Å²) in [6.07, 6.45) is 1.13. The van der Waals surface area contributed by atoms with Gasteiger partial charge in [0.05, 0.1) is 6.61 Å². The summed E-state index contributed by atoms with van der Waals surface area (Å²) in [6, 6.07) is 5.80. The van der Waals surface area contributed by atoms with Crippen LogP contribution in [0.3, 0.4) is 0 Å². The lowest BCUT2D eigenvalue weighted by atomic mass is 10.1. The van der Waals surface area contributed by atoms with Gasteiger partial charge in [0.2, 0.25) is 0 Å². The molecular formula is C11H14INO2. The number of carbonyl (C=O) groups excluding carboxylic acids is 1. The SMILES string of the molecule is CCOC(=O)CCc1ccc(N)c(I)c1. The summed E-state index contributed by atoms with van der Waals surface area (Å²) in [7, 11) is 0. The first kappa shape index (κ1) is 12.3. The van der Waals surface area contributed by atoms with Crippen LogP contribution in [0.2, 0.25) is 0 Å². The van der Waals surface area contributed by atoms with E-state index in [1.54, 1.807) is 0 Å². The zero-order chi connectivity index (χ0) is 11.3. The lowest BCUT2D eigenvalue weighted by molar-refractivity contribution is -0.143. The molecule has 2 N–H and O–H groups in total. The van der Waals surface area contributed by atoms with Gasteiger partial charge in [-0.3, -0.25) is 4.79 Å². The van der Waals surface area contributed by atoms with Gasteiger partial charge in [0.25, 0.3) is 0 Å². The minimum absolute atomic E-state index is 0.149. The van der Waals surface area contributed by atoms with Gasteiger partial charge in [-0.2, -0.15) is 0 Å². The molecule has 0 atom stereocenters. The number of aryl methyl sites for hydroxylation is 1. The topological polar surface area (TPSA) is 52.3 Å². The standard InChI is InChI=1S/C11H14INO2/c1-2-15-11(14)6-4-8-3-5-10(13)9(12)7-8/h3,5,7H,2,4,6,13H2,1H3. The maximum absolute atomic E-state index is 11.1. The first-order valence-corrected chi connectivity index (χ1v) is 5.91. The largest absolute Gasteiger partial charge is 0.466 e. The van der Waals surface area contributed by atoms with Crippen LogP contribution in [0.4, 0.5) is 5.69 Å². The smallest absolute Gasteiger partial charge is 0.306 e. The number of nitrogens with two attached hydrogens (primary N) is 1. The fraction of sp³-hybridized carbons (Fsp3) is 0.364. The van der Waals surface area contributed by atoms with Crippen LogP contribution in [0.5, 0.6) is 0 Å². The van der Waals surface area contributed by atoms with E-state index in [4.69, 9.17) is 10.5 Å². The number of halogens is 1. The van der Waals surface area contributed by atoms with Crippen molar-refractivity contribution >= 4 is 34.2 Å². The second-order valence-corrected chi connectivity index (χ2v) is 4.32. The number of benzene rings is 1. The van der Waals surface area contributed by atoms with E-state index < -0.39 is 0 Å². The molecule has 0 aromatic heterocycles. The molecule has 0 unspecified atom stereocenters. The van der Waals surface area contributed by atoms with Gasteiger partial charge >= 0.3 is 5.97 Å². The Balaban J connectivity index is 2.51. The summed E-state index contributed by atoms with van der Waals surface area (Å²) in [4.78, 5) is 11.1. The minimum Gasteiger partial charge on any atom is -0.466 e. The first-order chi connectivity index (χ1) is 7.13. The zero-order valence-corrected chi connectivity index (χ0v) is 10.8. The number of hydrogen-bond acceptors (Lipinski definition) is 3. The molecule has 0 bridgehead atoms. The number of hydrogen-bond donors (Lipinski definition) is 1. The molecule has 1 aromatic rings. The number of esters is 1. The molecule has 0 saturated heterocycles. The third kappa shape index (κ3) is 4.07. The highest BCUT2D eigenvalue weighted by molar-refractivity contribution is 14.1. The summed E-state index contributed by atoms with van der Waals surface area (Å²) in [5.74, 6) is -0.149. The second-order valence-electron chi connectivity index (χ2n) is 3.16. The van der Waals surface area contributed by atoms with Crippen LogP contribution in [0.25, 0.3) is 0 Å². The molecule has 15 heavy (non-hydrogen) atoms. The van der Waals surface area contributed by atoms with Gasteiger partial charge in [-0.15, -0.1) is 0 Å². The highest BCUT2D eigenvalue weighted by Crippen LogP contribution is 2.17. The van der Waals surface area contributed by atoms with Gasteiger partial charge in [0.15, 0.2) is 0 Å². The van der Waals surface area contributed by atoms with Crippen LogP contribution in [0.15, 0.2) is 18.2 Å². The maximum atomic E-state index is 11.1. The Bertz CT molecular complexity index is 352. The molecule has 1 rings (SSSR count). The predicted octanol–water partition coefficient (Wildman–Crippen LogP) is 2.37. The third-order valence-electron chi connectivity index (χ3n) is 1.99. The fourth-order valence-electron chi connectivity index (χ4n) is 1.21. The molecule has 0 aliphatic rings. The Kier molecular flexibility index (Phi) is 4.87. The molecule has 0 amide bonds. The Morgan fingerprint density at radius 1 is 1.53 bits per heavy atom. The molecule has 82 valence electrons. The van der Waals surface area contributed by atoms with E-state index in [0.717, 1.165) is 14.8 Å². The van der Waals surface area contributed by atoms with Crippen LogP contribution >= 0.6 is 22.6 Å². The van der Waals surface area contributed by atoms with Crippen LogP contribution in [-0.2, 0) is 16.0 Å². The van der Waals surface area contributed by atoms with E-state index in [9.17, 15) is 4.79 Å². The third-order valence-corrected chi connectivity index (χ3v) is 2.92. The van der Waals surface area contributed by atoms with Crippen molar-refractivity contribution in [3.8, 4) is 0 Å². The van der Waals surface area contributed by atoms with E-state index in [0.29, 0.717) is 19.4 Å². The zero-order valence-electron chi connectivity index (χ0n) is 8.63. The number of rotatable bonds is 4. The van der Waals surface area contributed by atoms with Crippen molar-refractivity contribution in [2.75, 3.05) is 12.3 Å². The second kappa shape index (κ2) is 5.95. The molecule has 0 aliphatic heterocycles. The van der Waals surface area contributed by atoms with Crippen molar-refractivity contribution in [3.05, 3.63) is 27.3 Å². The highest BCUT2D eigenvalue weighted by atomic mass is 127. The van der Waals surface area contributed by atoms with E-state index in [1.165, 1.54) is 0 Å². The van der Waals surface area contributed by atoms with Gasteiger partial charge in [0.1, 0.15) is 0 Å². The number of anilines is 1. The summed E-state index contributed by atoms with van der Waals surface area (Å²) in [6.45, 7) is 2.25. The van der Waals surface area contributed by atoms with Crippen molar-refractivity contribution in [1.82, 2.24) is 0 Å². The molecule has 0 aliphatic carbocycles. The van der Waals surface area contributed by atoms with Crippen molar-refractivity contribution < 1.29 is 9.53 Å². The predicted molar refractivity (Wildman–Crippen MR) is 68.5 cm³/mol. The lowest BCUT2D eigenvalue weighted by Crippen LogP contribution is -2.05. The van der Waals surface area contributed by atoms with E-state index in [2.05, 4.69) is 22.6 Å². The Hall–Kier alpha value is -0.780. The van der Waals surface area contributed by atoms with Gasteiger partial charge in [-0.25, -0.2) is 0 Å². The molecule has 0 spiro atoms. The van der Waals surface area contributed by atoms with Crippen molar-refractivity contribution in [3.63, 3.8) is 0 Å². The number of ether oxygens (including phenoxy) is 1. The van der Waals surface area contributed by atoms with Gasteiger partial charge < -0.3 is 10.5 Å². The Morgan fingerprint density at radius 2 is 2.27 bits per heavy atom. The maximum Gasteiger partial charge on any atom is 0.306 e. The fourth-order valence-corrected chi connectivity index (χ4v) is 1.79. The normalized spacial score (nSPS) is 10.0. The van der Waals surface area contributed by atoms with Crippen LogP contribution in [0, 0.1) is 3.57 Å². The van der Waals surface area contributed by atoms with Gasteiger partial charge in [0, 0.05) is 15.7 Å². The molecule has 0 fully saturated rings. The molecule has 1 aromatic carbocycles. The minimum atomic E-state index is -0.149.